The highest BCUT2D eigenvalue weighted by atomic mass is 32.2. The van der Waals surface area contributed by atoms with Gasteiger partial charge in [0.2, 0.25) is 5.91 Å². The van der Waals surface area contributed by atoms with Gasteiger partial charge in [-0.05, 0) is 43.7 Å². The number of benzene rings is 1. The Hall–Kier alpha value is -2.65. The fourth-order valence-electron chi connectivity index (χ4n) is 3.68. The first-order valence-corrected chi connectivity index (χ1v) is 12.0. The van der Waals surface area contributed by atoms with Crippen LogP contribution in [0.4, 0.5) is 5.00 Å². The van der Waals surface area contributed by atoms with Gasteiger partial charge in [-0.2, -0.15) is 0 Å². The highest BCUT2D eigenvalue weighted by Gasteiger charge is 2.27. The summed E-state index contributed by atoms with van der Waals surface area (Å²) in [7, 11) is 1.37. The van der Waals surface area contributed by atoms with E-state index >= 15 is 0 Å². The van der Waals surface area contributed by atoms with Gasteiger partial charge >= 0.3 is 5.97 Å². The Kier molecular flexibility index (Phi) is 6.72. The molecule has 4 rings (SSSR count). The summed E-state index contributed by atoms with van der Waals surface area (Å²) in [4.78, 5) is 26.2. The summed E-state index contributed by atoms with van der Waals surface area (Å²) < 4.78 is 6.97. The van der Waals surface area contributed by atoms with E-state index in [4.69, 9.17) is 4.74 Å². The Labute approximate surface area is 189 Å². The van der Waals surface area contributed by atoms with Gasteiger partial charge in [-0.1, -0.05) is 42.1 Å². The van der Waals surface area contributed by atoms with E-state index in [1.165, 1.54) is 35.1 Å². The molecule has 0 saturated heterocycles. The first kappa shape index (κ1) is 21.6. The van der Waals surface area contributed by atoms with Crippen molar-refractivity contribution in [2.24, 2.45) is 0 Å². The molecular weight excluding hydrogens is 432 g/mol. The maximum absolute atomic E-state index is 12.7. The number of hydrogen-bond acceptors (Lipinski definition) is 7. The zero-order valence-corrected chi connectivity index (χ0v) is 19.1. The molecule has 0 unspecified atom stereocenters. The summed E-state index contributed by atoms with van der Waals surface area (Å²) >= 11 is 2.82. The molecule has 0 fully saturated rings. The summed E-state index contributed by atoms with van der Waals surface area (Å²) in [5, 5.41) is 12.6. The highest BCUT2D eigenvalue weighted by Crippen LogP contribution is 2.38. The van der Waals surface area contributed by atoms with Crippen molar-refractivity contribution < 1.29 is 14.3 Å². The standard InChI is InChI=1S/C22H24N4O3S2/c1-14-24-25-22(26(14)12-15-8-4-3-5-9-15)30-13-18(27)23-20-19(21(28)29-2)16-10-6-7-11-17(16)31-20/h3-5,8-9H,6-7,10-13H2,1-2H3,(H,23,27). The molecule has 9 heteroatoms. The number of ether oxygens (including phenoxy) is 1. The largest absolute Gasteiger partial charge is 0.465 e. The minimum absolute atomic E-state index is 0.177. The Morgan fingerprint density at radius 3 is 2.74 bits per heavy atom. The van der Waals surface area contributed by atoms with Crippen molar-refractivity contribution in [2.75, 3.05) is 18.2 Å². The number of esters is 1. The number of fused-ring (bicyclic) bond motifs is 1. The van der Waals surface area contributed by atoms with Gasteiger partial charge in [-0.3, -0.25) is 4.79 Å². The third kappa shape index (κ3) is 4.83. The van der Waals surface area contributed by atoms with E-state index in [1.807, 2.05) is 41.8 Å². The number of rotatable bonds is 7. The van der Waals surface area contributed by atoms with Crippen molar-refractivity contribution in [1.29, 1.82) is 0 Å². The Balaban J connectivity index is 1.45. The number of methoxy groups -OCH3 is 1. The normalized spacial score (nSPS) is 13.0. The van der Waals surface area contributed by atoms with Gasteiger partial charge in [-0.15, -0.1) is 21.5 Å². The van der Waals surface area contributed by atoms with Crippen LogP contribution in [0.25, 0.3) is 0 Å². The Morgan fingerprint density at radius 2 is 1.97 bits per heavy atom. The maximum Gasteiger partial charge on any atom is 0.341 e. The van der Waals surface area contributed by atoms with Crippen LogP contribution in [0, 0.1) is 6.92 Å². The lowest BCUT2D eigenvalue weighted by Crippen LogP contribution is -2.17. The molecule has 1 aliphatic rings. The second-order valence-corrected chi connectivity index (χ2v) is 9.39. The smallest absolute Gasteiger partial charge is 0.341 e. The van der Waals surface area contributed by atoms with Crippen LogP contribution in [0.1, 0.15) is 45.0 Å². The van der Waals surface area contributed by atoms with Crippen molar-refractivity contribution in [2.45, 2.75) is 44.3 Å². The summed E-state index contributed by atoms with van der Waals surface area (Å²) in [6.45, 7) is 2.55. The van der Waals surface area contributed by atoms with Crippen molar-refractivity contribution in [3.8, 4) is 0 Å². The minimum atomic E-state index is -0.388. The van der Waals surface area contributed by atoms with Crippen LogP contribution < -0.4 is 5.32 Å². The van der Waals surface area contributed by atoms with Gasteiger partial charge in [-0.25, -0.2) is 4.79 Å². The third-order valence-corrected chi connectivity index (χ3v) is 7.41. The predicted octanol–water partition coefficient (Wildman–Crippen LogP) is 4.09. The van der Waals surface area contributed by atoms with Crippen LogP contribution in [-0.4, -0.2) is 39.5 Å². The molecule has 1 N–H and O–H groups in total. The van der Waals surface area contributed by atoms with Crippen LogP contribution in [0.5, 0.6) is 0 Å². The summed E-state index contributed by atoms with van der Waals surface area (Å²) in [5.74, 6) is 0.405. The number of anilines is 1. The van der Waals surface area contributed by atoms with Crippen molar-refractivity contribution in [3.63, 3.8) is 0 Å². The number of aromatic nitrogens is 3. The van der Waals surface area contributed by atoms with Crippen LogP contribution in [0.3, 0.4) is 0 Å². The Bertz CT molecular complexity index is 1090. The molecule has 31 heavy (non-hydrogen) atoms. The average Bonchev–Trinajstić information content (AvgIpc) is 3.32. The summed E-state index contributed by atoms with van der Waals surface area (Å²) in [6.07, 6.45) is 3.94. The van der Waals surface area contributed by atoms with E-state index in [1.54, 1.807) is 0 Å². The minimum Gasteiger partial charge on any atom is -0.465 e. The molecule has 162 valence electrons. The van der Waals surface area contributed by atoms with Crippen molar-refractivity contribution in [1.82, 2.24) is 14.8 Å². The molecule has 0 radical (unpaired) electrons. The molecule has 0 aliphatic heterocycles. The van der Waals surface area contributed by atoms with Crippen molar-refractivity contribution >= 4 is 40.0 Å². The van der Waals surface area contributed by atoms with Gasteiger partial charge < -0.3 is 14.6 Å². The van der Waals surface area contributed by atoms with Gasteiger partial charge in [0.1, 0.15) is 10.8 Å². The lowest BCUT2D eigenvalue weighted by molar-refractivity contribution is -0.113. The number of amides is 1. The first-order valence-electron chi connectivity index (χ1n) is 10.2. The number of thiophene rings is 1. The van der Waals surface area contributed by atoms with Crippen LogP contribution >= 0.6 is 23.1 Å². The van der Waals surface area contributed by atoms with Crippen LogP contribution in [0.2, 0.25) is 0 Å². The van der Waals surface area contributed by atoms with E-state index in [-0.39, 0.29) is 17.6 Å². The molecule has 2 aromatic heterocycles. The lowest BCUT2D eigenvalue weighted by atomic mass is 9.95. The molecular formula is C22H24N4O3S2. The molecule has 1 aromatic carbocycles. The number of hydrogen-bond donors (Lipinski definition) is 1. The van der Waals surface area contributed by atoms with E-state index in [0.29, 0.717) is 22.3 Å². The SMILES string of the molecule is COC(=O)c1c(NC(=O)CSc2nnc(C)n2Cc2ccccc2)sc2c1CCCC2. The fraction of sp³-hybridized carbons (Fsp3) is 0.364. The van der Waals surface area contributed by atoms with Gasteiger partial charge in [0.25, 0.3) is 0 Å². The number of carbonyl (C=O) groups excluding carboxylic acids is 2. The molecule has 1 amide bonds. The summed E-state index contributed by atoms with van der Waals surface area (Å²) in [5.41, 5.74) is 2.69. The summed E-state index contributed by atoms with van der Waals surface area (Å²) in [6, 6.07) is 10.1. The van der Waals surface area contributed by atoms with E-state index in [0.717, 1.165) is 42.6 Å². The second-order valence-electron chi connectivity index (χ2n) is 7.34. The molecule has 0 atom stereocenters. The van der Waals surface area contributed by atoms with Crippen LogP contribution in [-0.2, 0) is 28.9 Å². The first-order chi connectivity index (χ1) is 15.1. The fourth-order valence-corrected chi connectivity index (χ4v) is 5.76. The molecule has 0 bridgehead atoms. The maximum atomic E-state index is 12.7. The second kappa shape index (κ2) is 9.65. The molecule has 0 spiro atoms. The molecule has 3 aromatic rings. The third-order valence-electron chi connectivity index (χ3n) is 5.23. The monoisotopic (exact) mass is 456 g/mol. The topological polar surface area (TPSA) is 86.1 Å². The van der Waals surface area contributed by atoms with Gasteiger partial charge in [0.05, 0.1) is 25.0 Å². The van der Waals surface area contributed by atoms with Gasteiger partial charge in [0.15, 0.2) is 5.16 Å². The quantitative estimate of drug-likeness (QED) is 0.426. The zero-order valence-electron chi connectivity index (χ0n) is 17.5. The van der Waals surface area contributed by atoms with Crippen LogP contribution in [0.15, 0.2) is 35.5 Å². The predicted molar refractivity (Wildman–Crippen MR) is 122 cm³/mol. The number of carbonyl (C=O) groups is 2. The van der Waals surface area contributed by atoms with Crippen molar-refractivity contribution in [3.05, 3.63) is 57.7 Å². The average molecular weight is 457 g/mol. The number of nitrogens with one attached hydrogen (secondary N) is 1. The van der Waals surface area contributed by atoms with E-state index < -0.39 is 0 Å². The molecule has 7 nitrogen and oxygen atoms in total. The molecule has 1 aliphatic carbocycles. The Morgan fingerprint density at radius 1 is 1.19 bits per heavy atom. The van der Waals surface area contributed by atoms with E-state index in [9.17, 15) is 9.59 Å². The molecule has 2 heterocycles. The lowest BCUT2D eigenvalue weighted by Gasteiger charge is -2.11. The number of thioether (sulfide) groups is 1. The number of nitrogens with zero attached hydrogens (tertiary/aromatic N) is 3. The highest BCUT2D eigenvalue weighted by molar-refractivity contribution is 7.99. The zero-order chi connectivity index (χ0) is 21.8. The molecule has 0 saturated carbocycles. The van der Waals surface area contributed by atoms with Gasteiger partial charge in [0, 0.05) is 4.88 Å². The van der Waals surface area contributed by atoms with E-state index in [2.05, 4.69) is 15.5 Å². The number of aryl methyl sites for hydroxylation is 2.